The highest BCUT2D eigenvalue weighted by atomic mass is 35.5. The van der Waals surface area contributed by atoms with Crippen LogP contribution < -0.4 is 10.1 Å². The molecule has 1 fully saturated rings. The van der Waals surface area contributed by atoms with Crippen molar-refractivity contribution in [3.05, 3.63) is 46.7 Å². The molecule has 7 nitrogen and oxygen atoms in total. The van der Waals surface area contributed by atoms with Crippen LogP contribution in [0.2, 0.25) is 5.02 Å². The fourth-order valence-electron chi connectivity index (χ4n) is 4.18. The lowest BCUT2D eigenvalue weighted by Gasteiger charge is -2.25. The van der Waals surface area contributed by atoms with Gasteiger partial charge >= 0.3 is 0 Å². The average molecular weight is 425 g/mol. The number of nitrogens with zero attached hydrogens (tertiary/aromatic N) is 5. The molecular formula is C22H25ClN6O. The zero-order valence-electron chi connectivity index (χ0n) is 17.1. The zero-order valence-corrected chi connectivity index (χ0v) is 17.8. The van der Waals surface area contributed by atoms with Crippen LogP contribution in [0.15, 0.2) is 35.5 Å². The van der Waals surface area contributed by atoms with E-state index < -0.39 is 0 Å². The van der Waals surface area contributed by atoms with Crippen LogP contribution in [0, 0.1) is 0 Å². The largest absolute Gasteiger partial charge is 0.475 e. The normalized spacial score (nSPS) is 16.5. The fraction of sp³-hybridized carbons (Fsp3) is 0.409. The second-order valence-corrected chi connectivity index (χ2v) is 8.24. The van der Waals surface area contributed by atoms with Crippen molar-refractivity contribution in [3.8, 4) is 5.88 Å². The molecule has 0 bridgehead atoms. The summed E-state index contributed by atoms with van der Waals surface area (Å²) in [7, 11) is 1.91. The Labute approximate surface area is 180 Å². The van der Waals surface area contributed by atoms with Crippen molar-refractivity contribution in [1.29, 1.82) is 0 Å². The van der Waals surface area contributed by atoms with E-state index in [1.807, 2.05) is 36.0 Å². The van der Waals surface area contributed by atoms with E-state index in [9.17, 15) is 0 Å². The first-order valence-corrected chi connectivity index (χ1v) is 10.8. The molecule has 1 aromatic carbocycles. The minimum Gasteiger partial charge on any atom is -0.475 e. The third-order valence-corrected chi connectivity index (χ3v) is 6.05. The Kier molecular flexibility index (Phi) is 5.31. The number of anilines is 1. The summed E-state index contributed by atoms with van der Waals surface area (Å²) in [4.78, 5) is 11.5. The second kappa shape index (κ2) is 8.24. The predicted octanol–water partition coefficient (Wildman–Crippen LogP) is 3.86. The van der Waals surface area contributed by atoms with Gasteiger partial charge in [0.1, 0.15) is 12.3 Å². The number of aryl methyl sites for hydroxylation is 1. The number of halogens is 1. The molecule has 8 heteroatoms. The number of ether oxygens (including phenoxy) is 1. The molecule has 0 atom stereocenters. The van der Waals surface area contributed by atoms with Crippen molar-refractivity contribution in [2.75, 3.05) is 31.6 Å². The molecule has 4 heterocycles. The summed E-state index contributed by atoms with van der Waals surface area (Å²) < 4.78 is 7.84. The molecule has 3 aromatic rings. The Hall–Kier alpha value is -2.64. The number of rotatable bonds is 5. The van der Waals surface area contributed by atoms with Crippen molar-refractivity contribution in [2.45, 2.75) is 25.8 Å². The van der Waals surface area contributed by atoms with E-state index in [1.54, 1.807) is 6.20 Å². The SMILES string of the molecule is Cn1nc(OCCN2CCCCC2)c2c(Cl)cc(NC3=NCc4cccnc43)cc21. The summed E-state index contributed by atoms with van der Waals surface area (Å²) in [6.07, 6.45) is 5.67. The predicted molar refractivity (Wildman–Crippen MR) is 120 cm³/mol. The van der Waals surface area contributed by atoms with Crippen molar-refractivity contribution < 1.29 is 4.74 Å². The number of aromatic nitrogens is 3. The van der Waals surface area contributed by atoms with E-state index >= 15 is 0 Å². The van der Waals surface area contributed by atoms with Crippen LogP contribution in [0.4, 0.5) is 5.69 Å². The van der Waals surface area contributed by atoms with Gasteiger partial charge in [-0.05, 0) is 44.1 Å². The summed E-state index contributed by atoms with van der Waals surface area (Å²) in [6, 6.07) is 7.90. The summed E-state index contributed by atoms with van der Waals surface area (Å²) in [5.74, 6) is 1.35. The molecular weight excluding hydrogens is 400 g/mol. The first-order valence-electron chi connectivity index (χ1n) is 10.5. The van der Waals surface area contributed by atoms with Gasteiger partial charge in [0, 0.05) is 31.0 Å². The molecule has 0 saturated carbocycles. The molecule has 5 rings (SSSR count). The number of fused-ring (bicyclic) bond motifs is 2. The maximum absolute atomic E-state index is 6.65. The average Bonchev–Trinajstić information content (AvgIpc) is 3.30. The van der Waals surface area contributed by atoms with Crippen LogP contribution >= 0.6 is 11.6 Å². The van der Waals surface area contributed by atoms with Gasteiger partial charge < -0.3 is 10.1 Å². The van der Waals surface area contributed by atoms with Crippen molar-refractivity contribution in [3.63, 3.8) is 0 Å². The molecule has 0 amide bonds. The summed E-state index contributed by atoms with van der Waals surface area (Å²) in [6.45, 7) is 4.49. The highest BCUT2D eigenvalue weighted by Gasteiger charge is 2.20. The molecule has 2 aromatic heterocycles. The molecule has 0 spiro atoms. The topological polar surface area (TPSA) is 67.6 Å². The van der Waals surface area contributed by atoms with E-state index in [4.69, 9.17) is 16.3 Å². The molecule has 2 aliphatic rings. The van der Waals surface area contributed by atoms with Crippen LogP contribution in [0.25, 0.3) is 10.9 Å². The molecule has 30 heavy (non-hydrogen) atoms. The molecule has 2 aliphatic heterocycles. The van der Waals surface area contributed by atoms with Crippen molar-refractivity contribution >= 4 is 34.0 Å². The van der Waals surface area contributed by atoms with Gasteiger partial charge in [0.05, 0.1) is 22.5 Å². The van der Waals surface area contributed by atoms with E-state index in [0.717, 1.165) is 53.3 Å². The Morgan fingerprint density at radius 1 is 1.20 bits per heavy atom. The lowest BCUT2D eigenvalue weighted by molar-refractivity contribution is 0.181. The highest BCUT2D eigenvalue weighted by molar-refractivity contribution is 6.36. The number of amidine groups is 1. The number of aliphatic imine (C=N–C) groups is 1. The summed E-state index contributed by atoms with van der Waals surface area (Å²) in [5, 5.41) is 9.38. The number of benzene rings is 1. The minimum absolute atomic E-state index is 0.589. The van der Waals surface area contributed by atoms with E-state index in [1.165, 1.54) is 19.3 Å². The summed E-state index contributed by atoms with van der Waals surface area (Å²) >= 11 is 6.65. The van der Waals surface area contributed by atoms with Crippen molar-refractivity contribution in [2.24, 2.45) is 12.0 Å². The molecule has 0 aliphatic carbocycles. The first kappa shape index (κ1) is 19.3. The van der Waals surface area contributed by atoms with E-state index in [2.05, 4.69) is 25.3 Å². The van der Waals surface area contributed by atoms with Crippen LogP contribution in [-0.2, 0) is 13.6 Å². The number of piperidine rings is 1. The molecule has 156 valence electrons. The Morgan fingerprint density at radius 3 is 2.93 bits per heavy atom. The maximum Gasteiger partial charge on any atom is 0.242 e. The van der Waals surface area contributed by atoms with Gasteiger partial charge in [-0.2, -0.15) is 0 Å². The first-order chi connectivity index (χ1) is 14.7. The Balaban J connectivity index is 1.34. The van der Waals surface area contributed by atoms with Gasteiger partial charge in [-0.25, -0.2) is 0 Å². The van der Waals surface area contributed by atoms with Crippen LogP contribution in [0.5, 0.6) is 5.88 Å². The third-order valence-electron chi connectivity index (χ3n) is 5.75. The third kappa shape index (κ3) is 3.75. The molecule has 0 radical (unpaired) electrons. The summed E-state index contributed by atoms with van der Waals surface area (Å²) in [5.41, 5.74) is 3.78. The second-order valence-electron chi connectivity index (χ2n) is 7.83. The van der Waals surface area contributed by atoms with Gasteiger partial charge in [0.15, 0.2) is 5.84 Å². The van der Waals surface area contributed by atoms with E-state index in [0.29, 0.717) is 24.1 Å². The number of likely N-dealkylation sites (tertiary alicyclic amines) is 1. The van der Waals surface area contributed by atoms with Gasteiger partial charge in [0.2, 0.25) is 5.88 Å². The lowest BCUT2D eigenvalue weighted by Crippen LogP contribution is -2.33. The standard InChI is InChI=1S/C22H25ClN6O/c1-28-18-13-16(26-21-20-15(14-25-21)6-5-7-24-20)12-17(23)19(18)22(27-28)30-11-10-29-8-3-2-4-9-29/h5-7,12-13H,2-4,8-11,14H2,1H3,(H,25,26). The monoisotopic (exact) mass is 424 g/mol. The van der Waals surface area contributed by atoms with Crippen molar-refractivity contribution in [1.82, 2.24) is 19.7 Å². The highest BCUT2D eigenvalue weighted by Crippen LogP contribution is 2.35. The number of hydrogen-bond donors (Lipinski definition) is 1. The fourth-order valence-corrected chi connectivity index (χ4v) is 4.48. The molecule has 1 saturated heterocycles. The van der Waals surface area contributed by atoms with E-state index in [-0.39, 0.29) is 0 Å². The molecule has 1 N–H and O–H groups in total. The minimum atomic E-state index is 0.589. The molecule has 0 unspecified atom stereocenters. The van der Waals surface area contributed by atoms with Crippen LogP contribution in [0.3, 0.4) is 0 Å². The quantitative estimate of drug-likeness (QED) is 0.673. The maximum atomic E-state index is 6.65. The smallest absolute Gasteiger partial charge is 0.242 e. The van der Waals surface area contributed by atoms with Gasteiger partial charge in [0.25, 0.3) is 0 Å². The Morgan fingerprint density at radius 2 is 2.07 bits per heavy atom. The Bertz CT molecular complexity index is 1100. The van der Waals surface area contributed by atoms with Gasteiger partial charge in [-0.3, -0.25) is 19.6 Å². The zero-order chi connectivity index (χ0) is 20.5. The van der Waals surface area contributed by atoms with Crippen LogP contribution in [-0.4, -0.2) is 51.7 Å². The number of hydrogen-bond acceptors (Lipinski definition) is 6. The van der Waals surface area contributed by atoms with Gasteiger partial charge in [-0.15, -0.1) is 5.10 Å². The number of pyridine rings is 1. The number of nitrogens with one attached hydrogen (secondary N) is 1. The van der Waals surface area contributed by atoms with Gasteiger partial charge in [-0.1, -0.05) is 24.1 Å². The lowest BCUT2D eigenvalue weighted by atomic mass is 10.1. The van der Waals surface area contributed by atoms with Crippen LogP contribution in [0.1, 0.15) is 30.5 Å².